The highest BCUT2D eigenvalue weighted by molar-refractivity contribution is 5.46. The zero-order valence-corrected chi connectivity index (χ0v) is 11.9. The first-order chi connectivity index (χ1) is 9.72. The number of pyridine rings is 1. The van der Waals surface area contributed by atoms with Crippen LogP contribution in [-0.4, -0.2) is 18.6 Å². The van der Waals surface area contributed by atoms with E-state index in [1.54, 1.807) is 12.1 Å². The highest BCUT2D eigenvalue weighted by Crippen LogP contribution is 2.17. The number of rotatable bonds is 6. The molecule has 2 aromatic rings. The van der Waals surface area contributed by atoms with Crippen LogP contribution in [-0.2, 0) is 13.1 Å². The lowest BCUT2D eigenvalue weighted by Crippen LogP contribution is -2.23. The Morgan fingerprint density at radius 2 is 1.90 bits per heavy atom. The van der Waals surface area contributed by atoms with Gasteiger partial charge in [0.2, 0.25) is 0 Å². The Bertz CT molecular complexity index is 557. The third-order valence-corrected chi connectivity index (χ3v) is 3.13. The fourth-order valence-electron chi connectivity index (χ4n) is 2.15. The van der Waals surface area contributed by atoms with E-state index >= 15 is 0 Å². The van der Waals surface area contributed by atoms with Crippen LogP contribution in [0.5, 0.6) is 0 Å². The van der Waals surface area contributed by atoms with Crippen LogP contribution in [0.2, 0.25) is 0 Å². The normalized spacial score (nSPS) is 10.6. The second-order valence-corrected chi connectivity index (χ2v) is 4.64. The quantitative estimate of drug-likeness (QED) is 0.877. The van der Waals surface area contributed by atoms with Crippen molar-refractivity contribution in [3.8, 4) is 0 Å². The van der Waals surface area contributed by atoms with Gasteiger partial charge in [0.25, 0.3) is 0 Å². The number of benzene rings is 1. The molecule has 1 N–H and O–H groups in total. The summed E-state index contributed by atoms with van der Waals surface area (Å²) in [5.41, 5.74) is 2.89. The van der Waals surface area contributed by atoms with Crippen molar-refractivity contribution in [1.82, 2.24) is 10.3 Å². The number of nitrogens with zero attached hydrogens (tertiary/aromatic N) is 2. The summed E-state index contributed by atoms with van der Waals surface area (Å²) in [6.07, 6.45) is 0. The summed E-state index contributed by atoms with van der Waals surface area (Å²) in [6, 6.07) is 12.7. The molecular weight excluding hydrogens is 253 g/mol. The summed E-state index contributed by atoms with van der Waals surface area (Å²) in [7, 11) is 1.90. The first kappa shape index (κ1) is 14.5. The average Bonchev–Trinajstić information content (AvgIpc) is 2.45. The largest absolute Gasteiger partial charge is 0.366 e. The van der Waals surface area contributed by atoms with Crippen molar-refractivity contribution in [2.75, 3.05) is 18.5 Å². The third-order valence-electron chi connectivity index (χ3n) is 3.13. The fraction of sp³-hybridized carbons (Fsp3) is 0.312. The van der Waals surface area contributed by atoms with Crippen LogP contribution in [0.4, 0.5) is 10.1 Å². The van der Waals surface area contributed by atoms with Crippen molar-refractivity contribution in [2.45, 2.75) is 20.0 Å². The number of hydrogen-bond acceptors (Lipinski definition) is 3. The maximum atomic E-state index is 13.3. The van der Waals surface area contributed by atoms with Gasteiger partial charge >= 0.3 is 0 Å². The van der Waals surface area contributed by atoms with E-state index in [4.69, 9.17) is 0 Å². The van der Waals surface area contributed by atoms with Gasteiger partial charge in [0, 0.05) is 18.8 Å². The fourth-order valence-corrected chi connectivity index (χ4v) is 2.15. The molecule has 0 fully saturated rings. The summed E-state index contributed by atoms with van der Waals surface area (Å²) in [4.78, 5) is 6.71. The van der Waals surface area contributed by atoms with Crippen molar-refractivity contribution in [2.24, 2.45) is 0 Å². The Balaban J connectivity index is 2.15. The molecule has 0 aliphatic heterocycles. The molecule has 3 nitrogen and oxygen atoms in total. The molecule has 0 spiro atoms. The lowest BCUT2D eigenvalue weighted by Gasteiger charge is -2.23. The van der Waals surface area contributed by atoms with Crippen LogP contribution in [0.15, 0.2) is 42.5 Å². The van der Waals surface area contributed by atoms with Gasteiger partial charge in [0.05, 0.1) is 17.9 Å². The molecule has 106 valence electrons. The van der Waals surface area contributed by atoms with Crippen molar-refractivity contribution in [3.05, 3.63) is 59.7 Å². The molecule has 0 radical (unpaired) electrons. The molecule has 1 heterocycles. The monoisotopic (exact) mass is 273 g/mol. The second kappa shape index (κ2) is 7.01. The Morgan fingerprint density at radius 3 is 2.60 bits per heavy atom. The summed E-state index contributed by atoms with van der Waals surface area (Å²) >= 11 is 0. The van der Waals surface area contributed by atoms with Gasteiger partial charge in [0.15, 0.2) is 0 Å². The summed E-state index contributed by atoms with van der Waals surface area (Å²) in [6.45, 7) is 4.29. The molecule has 0 saturated carbocycles. The average molecular weight is 273 g/mol. The van der Waals surface area contributed by atoms with E-state index in [-0.39, 0.29) is 5.82 Å². The first-order valence-corrected chi connectivity index (χ1v) is 6.83. The van der Waals surface area contributed by atoms with Gasteiger partial charge in [0.1, 0.15) is 5.82 Å². The van der Waals surface area contributed by atoms with Crippen LogP contribution >= 0.6 is 0 Å². The summed E-state index contributed by atoms with van der Waals surface area (Å²) in [5.74, 6) is -0.210. The predicted octanol–water partition coefficient (Wildman–Crippen LogP) is 2.97. The van der Waals surface area contributed by atoms with E-state index in [0.717, 1.165) is 30.2 Å². The lowest BCUT2D eigenvalue weighted by molar-refractivity contribution is 0.626. The Hall–Kier alpha value is -1.94. The van der Waals surface area contributed by atoms with Crippen molar-refractivity contribution >= 4 is 5.69 Å². The molecule has 1 aromatic heterocycles. The van der Waals surface area contributed by atoms with Crippen LogP contribution in [0.3, 0.4) is 0 Å². The van der Waals surface area contributed by atoms with Gasteiger partial charge in [-0.05, 0) is 44.3 Å². The topological polar surface area (TPSA) is 28.2 Å². The van der Waals surface area contributed by atoms with Crippen LogP contribution in [0.1, 0.15) is 18.3 Å². The van der Waals surface area contributed by atoms with Gasteiger partial charge in [-0.3, -0.25) is 4.98 Å². The number of halogens is 1. The maximum Gasteiger partial charge on any atom is 0.125 e. The summed E-state index contributed by atoms with van der Waals surface area (Å²) in [5, 5.41) is 3.09. The van der Waals surface area contributed by atoms with E-state index < -0.39 is 0 Å². The van der Waals surface area contributed by atoms with Crippen molar-refractivity contribution in [1.29, 1.82) is 0 Å². The number of hydrogen-bond donors (Lipinski definition) is 1. The highest BCUT2D eigenvalue weighted by Gasteiger charge is 2.07. The van der Waals surface area contributed by atoms with E-state index in [0.29, 0.717) is 6.54 Å². The standard InChI is InChI=1S/C16H20FN3/c1-3-20(16-9-4-6-13(17)10-16)12-15-8-5-7-14(19-15)11-18-2/h4-10,18H,3,11-12H2,1-2H3. The smallest absolute Gasteiger partial charge is 0.125 e. The molecule has 2 rings (SSSR count). The SMILES string of the molecule is CCN(Cc1cccc(CNC)n1)c1cccc(F)c1. The molecule has 0 aliphatic rings. The van der Waals surface area contributed by atoms with E-state index in [1.165, 1.54) is 6.07 Å². The first-order valence-electron chi connectivity index (χ1n) is 6.83. The van der Waals surface area contributed by atoms with E-state index in [2.05, 4.69) is 22.1 Å². The number of aromatic nitrogens is 1. The zero-order chi connectivity index (χ0) is 14.4. The second-order valence-electron chi connectivity index (χ2n) is 4.64. The van der Waals surface area contributed by atoms with Gasteiger partial charge in [-0.15, -0.1) is 0 Å². The third kappa shape index (κ3) is 3.78. The number of nitrogens with one attached hydrogen (secondary N) is 1. The van der Waals surface area contributed by atoms with Gasteiger partial charge in [-0.1, -0.05) is 12.1 Å². The molecule has 0 amide bonds. The van der Waals surface area contributed by atoms with Gasteiger partial charge in [-0.25, -0.2) is 4.39 Å². The van der Waals surface area contributed by atoms with Crippen molar-refractivity contribution in [3.63, 3.8) is 0 Å². The van der Waals surface area contributed by atoms with Crippen molar-refractivity contribution < 1.29 is 4.39 Å². The van der Waals surface area contributed by atoms with E-state index in [9.17, 15) is 4.39 Å². The Kier molecular flexibility index (Phi) is 5.07. The van der Waals surface area contributed by atoms with Crippen LogP contribution in [0.25, 0.3) is 0 Å². The summed E-state index contributed by atoms with van der Waals surface area (Å²) < 4.78 is 13.3. The predicted molar refractivity (Wildman–Crippen MR) is 80.1 cm³/mol. The molecule has 0 atom stereocenters. The van der Waals surface area contributed by atoms with Gasteiger partial charge in [-0.2, -0.15) is 0 Å². The van der Waals surface area contributed by atoms with E-state index in [1.807, 2.05) is 31.3 Å². The molecule has 4 heteroatoms. The molecule has 0 unspecified atom stereocenters. The molecule has 20 heavy (non-hydrogen) atoms. The van der Waals surface area contributed by atoms with Gasteiger partial charge < -0.3 is 10.2 Å². The Labute approximate surface area is 119 Å². The minimum Gasteiger partial charge on any atom is -0.366 e. The molecule has 0 bridgehead atoms. The van der Waals surface area contributed by atoms with Crippen LogP contribution < -0.4 is 10.2 Å². The molecule has 0 aliphatic carbocycles. The minimum absolute atomic E-state index is 0.210. The zero-order valence-electron chi connectivity index (χ0n) is 11.9. The number of anilines is 1. The maximum absolute atomic E-state index is 13.3. The minimum atomic E-state index is -0.210. The van der Waals surface area contributed by atoms with Crippen LogP contribution in [0, 0.1) is 5.82 Å². The highest BCUT2D eigenvalue weighted by atomic mass is 19.1. The lowest BCUT2D eigenvalue weighted by atomic mass is 10.2. The molecule has 0 saturated heterocycles. The Morgan fingerprint density at radius 1 is 1.15 bits per heavy atom. The molecular formula is C16H20FN3. The molecule has 1 aromatic carbocycles.